The van der Waals surface area contributed by atoms with Crippen LogP contribution in [0.15, 0.2) is 29.2 Å². The lowest BCUT2D eigenvalue weighted by Crippen LogP contribution is -2.41. The third-order valence-corrected chi connectivity index (χ3v) is 6.59. The summed E-state index contributed by atoms with van der Waals surface area (Å²) in [5.41, 5.74) is 6.66. The molecule has 5 nitrogen and oxygen atoms in total. The second-order valence-electron chi connectivity index (χ2n) is 7.19. The second kappa shape index (κ2) is 11.2. The van der Waals surface area contributed by atoms with E-state index in [0.29, 0.717) is 37.1 Å². The number of sulfonamides is 1. The molecule has 0 radical (unpaired) electrons. The van der Waals surface area contributed by atoms with E-state index in [-0.39, 0.29) is 18.5 Å². The van der Waals surface area contributed by atoms with Crippen LogP contribution >= 0.6 is 12.4 Å². The number of halogens is 1. The number of nitrogens with two attached hydrogens (primary N) is 1. The number of hydrogen-bond acceptors (Lipinski definition) is 4. The molecule has 0 atom stereocenters. The first-order valence-electron chi connectivity index (χ1n) is 9.34. The zero-order valence-electron chi connectivity index (χ0n) is 15.9. The van der Waals surface area contributed by atoms with E-state index < -0.39 is 10.0 Å². The molecule has 0 spiro atoms. The summed E-state index contributed by atoms with van der Waals surface area (Å²) in [5, 5.41) is 0. The Morgan fingerprint density at radius 2 is 1.81 bits per heavy atom. The van der Waals surface area contributed by atoms with E-state index in [2.05, 4.69) is 13.8 Å². The van der Waals surface area contributed by atoms with Gasteiger partial charge in [0, 0.05) is 19.7 Å². The SMILES string of the molecule is CC(C)CCc1ccc(S(=O)(=O)N2CCC(OCCCN)CC2)cc1.Cl. The predicted octanol–water partition coefficient (Wildman–Crippen LogP) is 3.22. The first kappa shape index (κ1) is 23.4. The van der Waals surface area contributed by atoms with Crippen LogP contribution in [0.4, 0.5) is 0 Å². The highest BCUT2D eigenvalue weighted by Crippen LogP contribution is 2.23. The van der Waals surface area contributed by atoms with Gasteiger partial charge in [0.25, 0.3) is 0 Å². The summed E-state index contributed by atoms with van der Waals surface area (Å²) in [6, 6.07) is 7.37. The molecular formula is C19H33ClN2O3S. The summed E-state index contributed by atoms with van der Waals surface area (Å²) in [5.74, 6) is 0.650. The number of piperidine rings is 1. The van der Waals surface area contributed by atoms with Crippen LogP contribution in [0, 0.1) is 5.92 Å². The van der Waals surface area contributed by atoms with Gasteiger partial charge in [0.05, 0.1) is 11.0 Å². The molecule has 26 heavy (non-hydrogen) atoms. The summed E-state index contributed by atoms with van der Waals surface area (Å²) in [4.78, 5) is 0.392. The lowest BCUT2D eigenvalue weighted by molar-refractivity contribution is 0.0209. The topological polar surface area (TPSA) is 72.6 Å². The molecule has 7 heteroatoms. The predicted molar refractivity (Wildman–Crippen MR) is 108 cm³/mol. The molecule has 0 aromatic heterocycles. The Morgan fingerprint density at radius 1 is 1.19 bits per heavy atom. The summed E-state index contributed by atoms with van der Waals surface area (Å²) >= 11 is 0. The molecule has 1 fully saturated rings. The van der Waals surface area contributed by atoms with Crippen molar-refractivity contribution in [2.75, 3.05) is 26.2 Å². The lowest BCUT2D eigenvalue weighted by atomic mass is 10.0. The Morgan fingerprint density at radius 3 is 2.35 bits per heavy atom. The van der Waals surface area contributed by atoms with Crippen molar-refractivity contribution >= 4 is 22.4 Å². The van der Waals surface area contributed by atoms with E-state index in [0.717, 1.165) is 32.1 Å². The van der Waals surface area contributed by atoms with Gasteiger partial charge in [-0.1, -0.05) is 26.0 Å². The van der Waals surface area contributed by atoms with Crippen molar-refractivity contribution in [1.29, 1.82) is 0 Å². The molecule has 1 aromatic rings. The monoisotopic (exact) mass is 404 g/mol. The normalized spacial score (nSPS) is 16.6. The van der Waals surface area contributed by atoms with Crippen LogP contribution in [0.5, 0.6) is 0 Å². The van der Waals surface area contributed by atoms with Gasteiger partial charge in [0.15, 0.2) is 0 Å². The molecular weight excluding hydrogens is 372 g/mol. The lowest BCUT2D eigenvalue weighted by Gasteiger charge is -2.31. The van der Waals surface area contributed by atoms with Crippen molar-refractivity contribution in [3.05, 3.63) is 29.8 Å². The third kappa shape index (κ3) is 6.82. The van der Waals surface area contributed by atoms with Gasteiger partial charge in [-0.2, -0.15) is 4.31 Å². The van der Waals surface area contributed by atoms with Gasteiger partial charge in [-0.05, 0) is 62.3 Å². The highest BCUT2D eigenvalue weighted by atomic mass is 35.5. The van der Waals surface area contributed by atoms with E-state index in [4.69, 9.17) is 10.5 Å². The summed E-state index contributed by atoms with van der Waals surface area (Å²) in [6.07, 6.45) is 4.60. The van der Waals surface area contributed by atoms with E-state index in [9.17, 15) is 8.42 Å². The van der Waals surface area contributed by atoms with Crippen LogP contribution < -0.4 is 5.73 Å². The molecule has 1 aromatic carbocycles. The number of aryl methyl sites for hydroxylation is 1. The summed E-state index contributed by atoms with van der Waals surface area (Å²) in [7, 11) is -3.40. The van der Waals surface area contributed by atoms with Crippen molar-refractivity contribution < 1.29 is 13.2 Å². The molecule has 150 valence electrons. The van der Waals surface area contributed by atoms with Crippen LogP contribution in [0.3, 0.4) is 0 Å². The molecule has 1 heterocycles. The van der Waals surface area contributed by atoms with Gasteiger partial charge < -0.3 is 10.5 Å². The van der Waals surface area contributed by atoms with Crippen molar-refractivity contribution in [3.8, 4) is 0 Å². The number of hydrogen-bond donors (Lipinski definition) is 1. The Balaban J connectivity index is 0.00000338. The molecule has 0 aliphatic carbocycles. The molecule has 0 amide bonds. The van der Waals surface area contributed by atoms with E-state index in [1.54, 1.807) is 16.4 Å². The van der Waals surface area contributed by atoms with Gasteiger partial charge in [-0.25, -0.2) is 8.42 Å². The minimum atomic E-state index is -3.40. The average Bonchev–Trinajstić information content (AvgIpc) is 2.61. The standard InChI is InChI=1S/C19H32N2O3S.ClH/c1-16(2)4-5-17-6-8-19(9-7-17)25(22,23)21-13-10-18(11-14-21)24-15-3-12-20;/h6-9,16,18H,3-5,10-15,20H2,1-2H3;1H. The molecule has 0 saturated carbocycles. The van der Waals surface area contributed by atoms with E-state index in [1.807, 2.05) is 12.1 Å². The fourth-order valence-electron chi connectivity index (χ4n) is 3.00. The van der Waals surface area contributed by atoms with Crippen molar-refractivity contribution in [3.63, 3.8) is 0 Å². The van der Waals surface area contributed by atoms with Crippen LogP contribution in [0.25, 0.3) is 0 Å². The maximum Gasteiger partial charge on any atom is 0.243 e. The fourth-order valence-corrected chi connectivity index (χ4v) is 4.47. The molecule has 1 saturated heterocycles. The zero-order chi connectivity index (χ0) is 18.3. The number of benzene rings is 1. The van der Waals surface area contributed by atoms with Gasteiger partial charge >= 0.3 is 0 Å². The average molecular weight is 405 g/mol. The van der Waals surface area contributed by atoms with Crippen molar-refractivity contribution in [2.24, 2.45) is 11.7 Å². The van der Waals surface area contributed by atoms with Gasteiger partial charge in [0.2, 0.25) is 10.0 Å². The molecule has 1 aliphatic rings. The van der Waals surface area contributed by atoms with Crippen molar-refractivity contribution in [1.82, 2.24) is 4.31 Å². The first-order valence-corrected chi connectivity index (χ1v) is 10.8. The second-order valence-corrected chi connectivity index (χ2v) is 9.13. The van der Waals surface area contributed by atoms with Gasteiger partial charge in [-0.3, -0.25) is 0 Å². The molecule has 2 N–H and O–H groups in total. The van der Waals surface area contributed by atoms with Crippen LogP contribution in [0.2, 0.25) is 0 Å². The number of ether oxygens (including phenoxy) is 1. The highest BCUT2D eigenvalue weighted by Gasteiger charge is 2.29. The molecule has 1 aliphatic heterocycles. The smallest absolute Gasteiger partial charge is 0.243 e. The van der Waals surface area contributed by atoms with Crippen LogP contribution in [-0.2, 0) is 21.2 Å². The highest BCUT2D eigenvalue weighted by molar-refractivity contribution is 7.89. The van der Waals surface area contributed by atoms with E-state index >= 15 is 0 Å². The number of nitrogens with zero attached hydrogens (tertiary/aromatic N) is 1. The van der Waals surface area contributed by atoms with Crippen molar-refractivity contribution in [2.45, 2.75) is 57.0 Å². The van der Waals surface area contributed by atoms with E-state index in [1.165, 1.54) is 5.56 Å². The maximum absolute atomic E-state index is 12.8. The quantitative estimate of drug-likeness (QED) is 0.641. The largest absolute Gasteiger partial charge is 0.378 e. The molecule has 0 unspecified atom stereocenters. The van der Waals surface area contributed by atoms with Crippen LogP contribution in [0.1, 0.15) is 45.1 Å². The van der Waals surface area contributed by atoms with Crippen LogP contribution in [-0.4, -0.2) is 45.1 Å². The Hall–Kier alpha value is -0.660. The fraction of sp³-hybridized carbons (Fsp3) is 0.684. The zero-order valence-corrected chi connectivity index (χ0v) is 17.5. The molecule has 0 bridgehead atoms. The van der Waals surface area contributed by atoms with Gasteiger partial charge in [0.1, 0.15) is 0 Å². The minimum absolute atomic E-state index is 0. The minimum Gasteiger partial charge on any atom is -0.378 e. The Bertz CT molecular complexity index is 612. The first-order chi connectivity index (χ1) is 11.9. The molecule has 2 rings (SSSR count). The number of rotatable bonds is 9. The third-order valence-electron chi connectivity index (χ3n) is 4.67. The summed E-state index contributed by atoms with van der Waals surface area (Å²) in [6.45, 7) is 6.71. The maximum atomic E-state index is 12.8. The summed E-state index contributed by atoms with van der Waals surface area (Å²) < 4.78 is 32.9. The Labute approximate surface area is 164 Å². The Kier molecular flexibility index (Phi) is 10.1. The van der Waals surface area contributed by atoms with Gasteiger partial charge in [-0.15, -0.1) is 12.4 Å².